The number of rotatable bonds is 8. The highest BCUT2D eigenvalue weighted by atomic mass is 16.5. The van der Waals surface area contributed by atoms with Crippen molar-refractivity contribution in [1.29, 1.82) is 0 Å². The Morgan fingerprint density at radius 1 is 1.18 bits per heavy atom. The van der Waals surface area contributed by atoms with E-state index in [4.69, 9.17) is 4.74 Å². The molecule has 0 unspecified atom stereocenters. The predicted molar refractivity (Wildman–Crippen MR) is 87.6 cm³/mol. The van der Waals surface area contributed by atoms with Crippen molar-refractivity contribution < 1.29 is 14.3 Å². The Labute approximate surface area is 132 Å². The molecule has 0 heterocycles. The van der Waals surface area contributed by atoms with Gasteiger partial charge < -0.3 is 15.0 Å². The van der Waals surface area contributed by atoms with Gasteiger partial charge in [-0.25, -0.2) is 0 Å². The Hall–Kier alpha value is -2.04. The van der Waals surface area contributed by atoms with Crippen molar-refractivity contribution in [3.63, 3.8) is 0 Å². The lowest BCUT2D eigenvalue weighted by atomic mass is 9.93. The third-order valence-corrected chi connectivity index (χ3v) is 3.95. The van der Waals surface area contributed by atoms with Gasteiger partial charge in [0.25, 0.3) is 0 Å². The van der Waals surface area contributed by atoms with Gasteiger partial charge in [0.1, 0.15) is 13.2 Å². The standard InChI is InChI=1S/C17H26N2O3/c1-5-17(6-2,18-15-10-8-7-9-11-15)13-22-16(21)12-19(4)14(3)20/h7-11,18H,5-6,12-13H2,1-4H3. The largest absolute Gasteiger partial charge is 0.462 e. The number of ether oxygens (including phenoxy) is 1. The Bertz CT molecular complexity index is 484. The van der Waals surface area contributed by atoms with Crippen molar-refractivity contribution >= 4 is 17.6 Å². The zero-order valence-corrected chi connectivity index (χ0v) is 13.9. The first-order chi connectivity index (χ1) is 10.4. The van der Waals surface area contributed by atoms with Crippen LogP contribution >= 0.6 is 0 Å². The summed E-state index contributed by atoms with van der Waals surface area (Å²) in [6, 6.07) is 9.87. The number of esters is 1. The topological polar surface area (TPSA) is 58.6 Å². The number of para-hydroxylation sites is 1. The molecule has 1 amide bonds. The van der Waals surface area contributed by atoms with Gasteiger partial charge in [-0.2, -0.15) is 0 Å². The molecule has 22 heavy (non-hydrogen) atoms. The molecule has 0 spiro atoms. The van der Waals surface area contributed by atoms with Crippen LogP contribution in [-0.2, 0) is 14.3 Å². The van der Waals surface area contributed by atoms with E-state index in [9.17, 15) is 9.59 Å². The van der Waals surface area contributed by atoms with Crippen LogP contribution in [0.2, 0.25) is 0 Å². The van der Waals surface area contributed by atoms with E-state index in [1.54, 1.807) is 7.05 Å². The Morgan fingerprint density at radius 3 is 2.27 bits per heavy atom. The van der Waals surface area contributed by atoms with E-state index in [1.165, 1.54) is 11.8 Å². The minimum absolute atomic E-state index is 0.0236. The highest BCUT2D eigenvalue weighted by Gasteiger charge is 2.28. The smallest absolute Gasteiger partial charge is 0.325 e. The van der Waals surface area contributed by atoms with Crippen molar-refractivity contribution in [2.75, 3.05) is 25.5 Å². The first-order valence-electron chi connectivity index (χ1n) is 7.63. The molecule has 1 aromatic rings. The van der Waals surface area contributed by atoms with Crippen LogP contribution in [0.15, 0.2) is 30.3 Å². The zero-order chi connectivity index (χ0) is 16.6. The lowest BCUT2D eigenvalue weighted by Crippen LogP contribution is -2.43. The van der Waals surface area contributed by atoms with Crippen molar-refractivity contribution in [1.82, 2.24) is 4.90 Å². The molecule has 0 aliphatic rings. The summed E-state index contributed by atoms with van der Waals surface area (Å²) in [7, 11) is 1.58. The van der Waals surface area contributed by atoms with E-state index in [1.807, 2.05) is 30.3 Å². The first-order valence-corrected chi connectivity index (χ1v) is 7.63. The van der Waals surface area contributed by atoms with Gasteiger partial charge in [-0.1, -0.05) is 32.0 Å². The number of carbonyl (C=O) groups is 2. The minimum atomic E-state index is -0.390. The second-order valence-electron chi connectivity index (χ2n) is 5.51. The molecule has 0 fully saturated rings. The number of nitrogens with zero attached hydrogens (tertiary/aromatic N) is 1. The van der Waals surface area contributed by atoms with Crippen LogP contribution < -0.4 is 5.32 Å². The molecule has 1 rings (SSSR count). The van der Waals surface area contributed by atoms with E-state index in [0.717, 1.165) is 18.5 Å². The number of benzene rings is 1. The number of anilines is 1. The molecule has 0 aromatic heterocycles. The fourth-order valence-electron chi connectivity index (χ4n) is 2.06. The maximum atomic E-state index is 11.8. The molecular weight excluding hydrogens is 280 g/mol. The second kappa shape index (κ2) is 8.41. The summed E-state index contributed by atoms with van der Waals surface area (Å²) in [5.41, 5.74) is 0.703. The SMILES string of the molecule is CCC(CC)(COC(=O)CN(C)C(C)=O)Nc1ccccc1. The third-order valence-electron chi connectivity index (χ3n) is 3.95. The molecule has 0 saturated carbocycles. The molecule has 1 N–H and O–H groups in total. The van der Waals surface area contributed by atoms with Crippen molar-refractivity contribution in [2.45, 2.75) is 39.2 Å². The molecule has 0 aliphatic carbocycles. The third kappa shape index (κ3) is 5.39. The number of likely N-dealkylation sites (N-methyl/N-ethyl adjacent to an activating group) is 1. The van der Waals surface area contributed by atoms with Gasteiger partial charge in [-0.05, 0) is 25.0 Å². The van der Waals surface area contributed by atoms with Gasteiger partial charge in [-0.3, -0.25) is 9.59 Å². The van der Waals surface area contributed by atoms with E-state index in [2.05, 4.69) is 19.2 Å². The second-order valence-corrected chi connectivity index (χ2v) is 5.51. The lowest BCUT2D eigenvalue weighted by molar-refractivity contribution is -0.149. The van der Waals surface area contributed by atoms with Crippen molar-refractivity contribution in [3.05, 3.63) is 30.3 Å². The van der Waals surface area contributed by atoms with Crippen LogP contribution in [0, 0.1) is 0 Å². The molecule has 5 nitrogen and oxygen atoms in total. The van der Waals surface area contributed by atoms with Gasteiger partial charge in [0.15, 0.2) is 0 Å². The summed E-state index contributed by atoms with van der Waals surface area (Å²) in [6.45, 7) is 5.81. The monoisotopic (exact) mass is 306 g/mol. The van der Waals surface area contributed by atoms with Crippen LogP contribution in [0.3, 0.4) is 0 Å². The molecule has 0 radical (unpaired) electrons. The summed E-state index contributed by atoms with van der Waals surface area (Å²) >= 11 is 0. The van der Waals surface area contributed by atoms with E-state index >= 15 is 0 Å². The molecule has 0 bridgehead atoms. The van der Waals surface area contributed by atoms with E-state index in [0.29, 0.717) is 0 Å². The van der Waals surface area contributed by atoms with Crippen LogP contribution in [0.25, 0.3) is 0 Å². The van der Waals surface area contributed by atoms with E-state index in [-0.39, 0.29) is 30.6 Å². The molecule has 0 saturated heterocycles. The van der Waals surface area contributed by atoms with Crippen molar-refractivity contribution in [2.24, 2.45) is 0 Å². The predicted octanol–water partition coefficient (Wildman–Crippen LogP) is 2.68. The quantitative estimate of drug-likeness (QED) is 0.750. The highest BCUT2D eigenvalue weighted by Crippen LogP contribution is 2.22. The number of hydrogen-bond acceptors (Lipinski definition) is 4. The summed E-state index contributed by atoms with van der Waals surface area (Å²) < 4.78 is 5.39. The summed E-state index contributed by atoms with van der Waals surface area (Å²) in [4.78, 5) is 24.3. The Morgan fingerprint density at radius 2 is 1.77 bits per heavy atom. The van der Waals surface area contributed by atoms with Gasteiger partial charge in [0.05, 0.1) is 5.54 Å². The van der Waals surface area contributed by atoms with Crippen LogP contribution in [0.1, 0.15) is 33.6 Å². The average Bonchev–Trinajstić information content (AvgIpc) is 2.52. The Kier molecular flexibility index (Phi) is 6.89. The van der Waals surface area contributed by atoms with Crippen LogP contribution in [0.5, 0.6) is 0 Å². The summed E-state index contributed by atoms with van der Waals surface area (Å²) in [5.74, 6) is -0.546. The number of nitrogens with one attached hydrogen (secondary N) is 1. The lowest BCUT2D eigenvalue weighted by Gasteiger charge is -2.33. The molecule has 0 aliphatic heterocycles. The highest BCUT2D eigenvalue weighted by molar-refractivity contribution is 5.80. The Balaban J connectivity index is 2.63. The fraction of sp³-hybridized carbons (Fsp3) is 0.529. The van der Waals surface area contributed by atoms with Crippen LogP contribution in [-0.4, -0.2) is 42.5 Å². The number of carbonyl (C=O) groups excluding carboxylic acids is 2. The molecule has 0 atom stereocenters. The number of amides is 1. The average molecular weight is 306 g/mol. The molecule has 1 aromatic carbocycles. The van der Waals surface area contributed by atoms with Gasteiger partial charge in [-0.15, -0.1) is 0 Å². The normalized spacial score (nSPS) is 10.9. The first kappa shape index (κ1) is 18.0. The van der Waals surface area contributed by atoms with Crippen molar-refractivity contribution in [3.8, 4) is 0 Å². The zero-order valence-electron chi connectivity index (χ0n) is 13.9. The van der Waals surface area contributed by atoms with Gasteiger partial charge in [0, 0.05) is 19.7 Å². The van der Waals surface area contributed by atoms with Crippen LogP contribution in [0.4, 0.5) is 5.69 Å². The maximum Gasteiger partial charge on any atom is 0.325 e. The number of hydrogen-bond donors (Lipinski definition) is 1. The van der Waals surface area contributed by atoms with Gasteiger partial charge in [0.2, 0.25) is 5.91 Å². The molecule has 5 heteroatoms. The summed E-state index contributed by atoms with van der Waals surface area (Å²) in [5, 5.41) is 3.47. The fourth-order valence-corrected chi connectivity index (χ4v) is 2.06. The van der Waals surface area contributed by atoms with E-state index < -0.39 is 0 Å². The maximum absolute atomic E-state index is 11.8. The van der Waals surface area contributed by atoms with Gasteiger partial charge >= 0.3 is 5.97 Å². The molecular formula is C17H26N2O3. The minimum Gasteiger partial charge on any atom is -0.462 e. The summed E-state index contributed by atoms with van der Waals surface area (Å²) in [6.07, 6.45) is 1.66. The molecule has 122 valence electrons.